The zero-order valence-corrected chi connectivity index (χ0v) is 7.70. The highest BCUT2D eigenvalue weighted by atomic mass is 35.5. The lowest BCUT2D eigenvalue weighted by Gasteiger charge is -2.03. The van der Waals surface area contributed by atoms with Gasteiger partial charge in [0.1, 0.15) is 6.73 Å². The lowest BCUT2D eigenvalue weighted by molar-refractivity contribution is 0.0967. The summed E-state index contributed by atoms with van der Waals surface area (Å²) in [6.45, 7) is 4.00. The van der Waals surface area contributed by atoms with Crippen molar-refractivity contribution in [2.75, 3.05) is 6.61 Å². The first kappa shape index (κ1) is 9.95. The monoisotopic (exact) mass is 200 g/mol. The van der Waals surface area contributed by atoms with E-state index in [2.05, 4.69) is 11.6 Å². The van der Waals surface area contributed by atoms with Crippen molar-refractivity contribution in [3.05, 3.63) is 40.6 Å². The van der Waals surface area contributed by atoms with Gasteiger partial charge in [0.2, 0.25) is 0 Å². The second kappa shape index (κ2) is 4.79. The van der Waals surface area contributed by atoms with E-state index in [9.17, 15) is 4.79 Å². The van der Waals surface area contributed by atoms with Gasteiger partial charge in [-0.05, 0) is 0 Å². The van der Waals surface area contributed by atoms with Crippen LogP contribution in [-0.2, 0) is 11.5 Å². The standard InChI is InChI=1S/C8H9ClN2O2/c1-2-3-13-6-11-5-7(9)4-10-8(11)12/h2,4-5H,1,3,6H2. The smallest absolute Gasteiger partial charge is 0.349 e. The van der Waals surface area contributed by atoms with E-state index in [0.29, 0.717) is 11.6 Å². The largest absolute Gasteiger partial charge is 0.357 e. The summed E-state index contributed by atoms with van der Waals surface area (Å²) in [6, 6.07) is 0. The van der Waals surface area contributed by atoms with Crippen LogP contribution in [0, 0.1) is 0 Å². The third kappa shape index (κ3) is 3.01. The minimum Gasteiger partial charge on any atom is -0.357 e. The molecule has 0 aliphatic rings. The number of halogens is 1. The predicted molar refractivity (Wildman–Crippen MR) is 49.7 cm³/mol. The maximum atomic E-state index is 11.1. The molecule has 0 saturated carbocycles. The Labute approximate surface area is 80.4 Å². The second-order valence-electron chi connectivity index (χ2n) is 2.31. The van der Waals surface area contributed by atoms with Crippen molar-refractivity contribution < 1.29 is 4.74 Å². The van der Waals surface area contributed by atoms with E-state index in [1.165, 1.54) is 17.0 Å². The summed E-state index contributed by atoms with van der Waals surface area (Å²) in [5.41, 5.74) is -0.381. The molecule has 5 heteroatoms. The van der Waals surface area contributed by atoms with Crippen LogP contribution in [0.3, 0.4) is 0 Å². The first-order valence-electron chi connectivity index (χ1n) is 3.64. The van der Waals surface area contributed by atoms with E-state index < -0.39 is 0 Å². The summed E-state index contributed by atoms with van der Waals surface area (Å²) in [5.74, 6) is 0. The van der Waals surface area contributed by atoms with Gasteiger partial charge in [0.05, 0.1) is 17.8 Å². The topological polar surface area (TPSA) is 44.1 Å². The third-order valence-corrected chi connectivity index (χ3v) is 1.48. The third-order valence-electron chi connectivity index (χ3n) is 1.29. The molecule has 1 aromatic rings. The van der Waals surface area contributed by atoms with Crippen LogP contribution < -0.4 is 5.69 Å². The highest BCUT2D eigenvalue weighted by Crippen LogP contribution is 2.00. The molecule has 0 fully saturated rings. The SMILES string of the molecule is C=CCOCn1cc(Cl)cnc1=O. The van der Waals surface area contributed by atoms with E-state index in [1.54, 1.807) is 6.08 Å². The minimum absolute atomic E-state index is 0.137. The van der Waals surface area contributed by atoms with Gasteiger partial charge in [-0.15, -0.1) is 6.58 Å². The zero-order valence-electron chi connectivity index (χ0n) is 6.94. The summed E-state index contributed by atoms with van der Waals surface area (Å²) in [5, 5.41) is 0.404. The molecule has 1 heterocycles. The molecular formula is C8H9ClN2O2. The van der Waals surface area contributed by atoms with Crippen molar-refractivity contribution in [2.45, 2.75) is 6.73 Å². The van der Waals surface area contributed by atoms with E-state index in [-0.39, 0.29) is 12.4 Å². The van der Waals surface area contributed by atoms with Crippen molar-refractivity contribution in [3.8, 4) is 0 Å². The molecule has 0 saturated heterocycles. The Morgan fingerprint density at radius 2 is 2.54 bits per heavy atom. The Morgan fingerprint density at radius 1 is 1.77 bits per heavy atom. The summed E-state index contributed by atoms with van der Waals surface area (Å²) in [7, 11) is 0. The number of ether oxygens (including phenoxy) is 1. The van der Waals surface area contributed by atoms with Crippen LogP contribution in [0.15, 0.2) is 29.8 Å². The fourth-order valence-corrected chi connectivity index (χ4v) is 0.922. The number of hydrogen-bond donors (Lipinski definition) is 0. The molecule has 0 aliphatic heterocycles. The van der Waals surface area contributed by atoms with Crippen LogP contribution in [0.1, 0.15) is 0 Å². The summed E-state index contributed by atoms with van der Waals surface area (Å²) in [6.07, 6.45) is 4.37. The summed E-state index contributed by atoms with van der Waals surface area (Å²) in [4.78, 5) is 14.6. The average Bonchev–Trinajstić information content (AvgIpc) is 2.11. The first-order valence-corrected chi connectivity index (χ1v) is 4.02. The van der Waals surface area contributed by atoms with Crippen LogP contribution in [0.5, 0.6) is 0 Å². The fraction of sp³-hybridized carbons (Fsp3) is 0.250. The van der Waals surface area contributed by atoms with Crippen LogP contribution in [-0.4, -0.2) is 16.2 Å². The Hall–Kier alpha value is -1.13. The Morgan fingerprint density at radius 3 is 3.23 bits per heavy atom. The minimum atomic E-state index is -0.381. The zero-order chi connectivity index (χ0) is 9.68. The lowest BCUT2D eigenvalue weighted by atomic mass is 10.6. The van der Waals surface area contributed by atoms with Gasteiger partial charge in [-0.1, -0.05) is 17.7 Å². The van der Waals surface area contributed by atoms with Crippen molar-refractivity contribution in [1.82, 2.24) is 9.55 Å². The fourth-order valence-electron chi connectivity index (χ4n) is 0.755. The lowest BCUT2D eigenvalue weighted by Crippen LogP contribution is -2.23. The molecule has 0 amide bonds. The van der Waals surface area contributed by atoms with E-state index in [1.807, 2.05) is 0 Å². The normalized spacial score (nSPS) is 9.92. The maximum Gasteiger partial charge on any atom is 0.349 e. The molecule has 4 nitrogen and oxygen atoms in total. The van der Waals surface area contributed by atoms with Crippen LogP contribution >= 0.6 is 11.6 Å². The highest BCUT2D eigenvalue weighted by Gasteiger charge is 1.96. The van der Waals surface area contributed by atoms with Gasteiger partial charge >= 0.3 is 5.69 Å². The summed E-state index contributed by atoms with van der Waals surface area (Å²) >= 11 is 5.63. The summed E-state index contributed by atoms with van der Waals surface area (Å²) < 4.78 is 6.33. The van der Waals surface area contributed by atoms with Crippen molar-refractivity contribution in [3.63, 3.8) is 0 Å². The van der Waals surface area contributed by atoms with Gasteiger partial charge in [0, 0.05) is 6.20 Å². The van der Waals surface area contributed by atoms with E-state index in [4.69, 9.17) is 16.3 Å². The van der Waals surface area contributed by atoms with Crippen molar-refractivity contribution in [1.29, 1.82) is 0 Å². The van der Waals surface area contributed by atoms with Crippen LogP contribution in [0.2, 0.25) is 5.02 Å². The molecule has 0 spiro atoms. The number of hydrogen-bond acceptors (Lipinski definition) is 3. The molecule has 0 bridgehead atoms. The molecule has 0 radical (unpaired) electrons. The Balaban J connectivity index is 2.70. The van der Waals surface area contributed by atoms with Gasteiger partial charge in [-0.25, -0.2) is 4.79 Å². The quantitative estimate of drug-likeness (QED) is 0.539. The molecular weight excluding hydrogens is 192 g/mol. The van der Waals surface area contributed by atoms with Crippen LogP contribution in [0.25, 0.3) is 0 Å². The molecule has 0 aliphatic carbocycles. The van der Waals surface area contributed by atoms with E-state index >= 15 is 0 Å². The number of rotatable bonds is 4. The molecule has 0 aromatic carbocycles. The molecule has 0 N–H and O–H groups in total. The molecule has 1 aromatic heterocycles. The van der Waals surface area contributed by atoms with Gasteiger partial charge < -0.3 is 4.74 Å². The van der Waals surface area contributed by atoms with E-state index in [0.717, 1.165) is 0 Å². The van der Waals surface area contributed by atoms with Crippen LogP contribution in [0.4, 0.5) is 0 Å². The van der Waals surface area contributed by atoms with Gasteiger partial charge in [-0.2, -0.15) is 4.98 Å². The Kier molecular flexibility index (Phi) is 3.67. The molecule has 0 atom stereocenters. The molecule has 1 rings (SSSR count). The first-order chi connectivity index (χ1) is 6.24. The molecule has 13 heavy (non-hydrogen) atoms. The van der Waals surface area contributed by atoms with Gasteiger partial charge in [-0.3, -0.25) is 4.57 Å². The van der Waals surface area contributed by atoms with Crippen molar-refractivity contribution >= 4 is 11.6 Å². The van der Waals surface area contributed by atoms with Gasteiger partial charge in [0.15, 0.2) is 0 Å². The average molecular weight is 201 g/mol. The maximum absolute atomic E-state index is 11.1. The van der Waals surface area contributed by atoms with Crippen molar-refractivity contribution in [2.24, 2.45) is 0 Å². The molecule has 70 valence electrons. The predicted octanol–water partition coefficient (Wildman–Crippen LogP) is 1.06. The number of nitrogens with zero attached hydrogens (tertiary/aromatic N) is 2. The number of aromatic nitrogens is 2. The Bertz CT molecular complexity index is 348. The second-order valence-corrected chi connectivity index (χ2v) is 2.75. The highest BCUT2D eigenvalue weighted by molar-refractivity contribution is 6.30. The molecule has 0 unspecified atom stereocenters. The van der Waals surface area contributed by atoms with Gasteiger partial charge in [0.25, 0.3) is 0 Å².